The van der Waals surface area contributed by atoms with Crippen LogP contribution in [0.15, 0.2) is 46.0 Å². The number of likely N-dealkylation sites (tertiary alicyclic amines) is 1. The van der Waals surface area contributed by atoms with Gasteiger partial charge in [-0.15, -0.1) is 11.3 Å². The number of carbonyl (C=O) groups is 1. The van der Waals surface area contributed by atoms with Crippen LogP contribution in [0.3, 0.4) is 0 Å². The van der Waals surface area contributed by atoms with E-state index in [1.54, 1.807) is 41.8 Å². The minimum Gasteiger partial charge on any atom is -0.484 e. The van der Waals surface area contributed by atoms with Crippen molar-refractivity contribution in [2.75, 3.05) is 37.6 Å². The maximum Gasteiger partial charge on any atom is 0.273 e. The summed E-state index contributed by atoms with van der Waals surface area (Å²) in [6.45, 7) is 5.33. The minimum absolute atomic E-state index is 0.0568. The van der Waals surface area contributed by atoms with Crippen LogP contribution in [0.4, 0.5) is 5.69 Å². The average molecular weight is 466 g/mol. The molecule has 1 amide bonds. The van der Waals surface area contributed by atoms with Gasteiger partial charge in [0.1, 0.15) is 9.96 Å². The second kappa shape index (κ2) is 11.0. The summed E-state index contributed by atoms with van der Waals surface area (Å²) in [7, 11) is -2.05. The van der Waals surface area contributed by atoms with Crippen LogP contribution in [0, 0.1) is 0 Å². The molecule has 1 fully saturated rings. The summed E-state index contributed by atoms with van der Waals surface area (Å²) >= 11 is 1.18. The molecule has 0 atom stereocenters. The van der Waals surface area contributed by atoms with Gasteiger partial charge in [0, 0.05) is 26.2 Å². The van der Waals surface area contributed by atoms with Gasteiger partial charge < -0.3 is 15.0 Å². The second-order valence-electron chi connectivity index (χ2n) is 7.72. The summed E-state index contributed by atoms with van der Waals surface area (Å²) in [5, 5.41) is 4.79. The molecule has 1 aromatic carbocycles. The number of hydrogen-bond donors (Lipinski definition) is 1. The Morgan fingerprint density at radius 1 is 1.23 bits per heavy atom. The van der Waals surface area contributed by atoms with E-state index in [0.29, 0.717) is 15.6 Å². The number of amides is 1. The molecule has 31 heavy (non-hydrogen) atoms. The van der Waals surface area contributed by atoms with Gasteiger partial charge in [-0.3, -0.25) is 9.10 Å². The molecule has 0 spiro atoms. The molecule has 2 aromatic rings. The lowest BCUT2D eigenvalue weighted by Crippen LogP contribution is -2.46. The van der Waals surface area contributed by atoms with Gasteiger partial charge in [-0.25, -0.2) is 8.42 Å². The zero-order valence-electron chi connectivity index (χ0n) is 18.1. The van der Waals surface area contributed by atoms with Crippen LogP contribution < -0.4 is 14.4 Å². The molecule has 1 saturated heterocycles. The number of nitrogens with one attached hydrogen (secondary N) is 1. The lowest BCUT2D eigenvalue weighted by atomic mass is 10.0. The highest BCUT2D eigenvalue weighted by Gasteiger charge is 2.22. The fraction of sp³-hybridized carbons (Fsp3) is 0.500. The van der Waals surface area contributed by atoms with Gasteiger partial charge in [0.25, 0.3) is 15.9 Å². The molecule has 2 heterocycles. The maximum atomic E-state index is 12.6. The minimum atomic E-state index is -3.57. The Morgan fingerprint density at radius 3 is 2.55 bits per heavy atom. The molecule has 0 saturated carbocycles. The number of carbonyl (C=O) groups excluding carboxylic acids is 1. The van der Waals surface area contributed by atoms with Gasteiger partial charge in [0.2, 0.25) is 0 Å². The highest BCUT2D eigenvalue weighted by Crippen LogP contribution is 2.26. The van der Waals surface area contributed by atoms with Crippen molar-refractivity contribution in [3.63, 3.8) is 0 Å². The zero-order chi connectivity index (χ0) is 22.3. The lowest BCUT2D eigenvalue weighted by molar-refractivity contribution is -0.124. The molecule has 1 aliphatic heterocycles. The first-order valence-electron chi connectivity index (χ1n) is 10.7. The summed E-state index contributed by atoms with van der Waals surface area (Å²) in [6, 6.07) is 10.2. The molecular weight excluding hydrogens is 434 g/mol. The van der Waals surface area contributed by atoms with E-state index in [1.807, 2.05) is 0 Å². The molecule has 170 valence electrons. The Kier molecular flexibility index (Phi) is 8.34. The van der Waals surface area contributed by atoms with E-state index in [2.05, 4.69) is 17.1 Å². The van der Waals surface area contributed by atoms with Gasteiger partial charge in [-0.05, 0) is 61.5 Å². The van der Waals surface area contributed by atoms with E-state index in [9.17, 15) is 13.2 Å². The first-order chi connectivity index (χ1) is 14.9. The van der Waals surface area contributed by atoms with Crippen molar-refractivity contribution in [2.45, 2.75) is 42.9 Å². The van der Waals surface area contributed by atoms with Crippen LogP contribution in [0.1, 0.15) is 32.6 Å². The molecule has 0 bridgehead atoms. The third-order valence-corrected chi connectivity index (χ3v) is 8.62. The van der Waals surface area contributed by atoms with Crippen LogP contribution in [-0.2, 0) is 14.8 Å². The summed E-state index contributed by atoms with van der Waals surface area (Å²) in [5.74, 6) is 0.392. The molecule has 9 heteroatoms. The Hall–Kier alpha value is -2.10. The third-order valence-electron chi connectivity index (χ3n) is 5.46. The molecule has 0 unspecified atom stereocenters. The molecule has 7 nitrogen and oxygen atoms in total. The normalized spacial score (nSPS) is 15.5. The molecular formula is C22H31N3O4S2. The van der Waals surface area contributed by atoms with Gasteiger partial charge in [-0.2, -0.15) is 0 Å². The highest BCUT2D eigenvalue weighted by atomic mass is 32.2. The Bertz CT molecular complexity index is 922. The van der Waals surface area contributed by atoms with Gasteiger partial charge in [0.15, 0.2) is 6.61 Å². The number of rotatable bonds is 10. The number of nitrogens with zero attached hydrogens (tertiary/aromatic N) is 2. The number of anilines is 1. The van der Waals surface area contributed by atoms with Gasteiger partial charge in [-0.1, -0.05) is 19.4 Å². The molecule has 1 aliphatic rings. The topological polar surface area (TPSA) is 79.0 Å². The maximum absolute atomic E-state index is 12.6. The lowest BCUT2D eigenvalue weighted by Gasteiger charge is -2.32. The largest absolute Gasteiger partial charge is 0.484 e. The van der Waals surface area contributed by atoms with Crippen molar-refractivity contribution in [3.8, 4) is 5.75 Å². The number of benzene rings is 1. The SMILES string of the molecule is CCCCN1CCC(NC(=O)COc2ccc(N(C)S(=O)(=O)c3cccs3)cc2)CC1. The summed E-state index contributed by atoms with van der Waals surface area (Å²) in [5.41, 5.74) is 0.528. The van der Waals surface area contributed by atoms with Gasteiger partial charge >= 0.3 is 0 Å². The molecule has 1 aromatic heterocycles. The summed E-state index contributed by atoms with van der Waals surface area (Å²) in [6.07, 6.45) is 4.36. The molecule has 1 N–H and O–H groups in total. The van der Waals surface area contributed by atoms with Crippen LogP contribution in [-0.4, -0.2) is 58.6 Å². The average Bonchev–Trinajstić information content (AvgIpc) is 3.33. The number of piperidine rings is 1. The third kappa shape index (κ3) is 6.44. The molecule has 0 radical (unpaired) electrons. The monoisotopic (exact) mass is 465 g/mol. The predicted molar refractivity (Wildman–Crippen MR) is 124 cm³/mol. The van der Waals surface area contributed by atoms with E-state index in [0.717, 1.165) is 32.5 Å². The van der Waals surface area contributed by atoms with E-state index in [1.165, 1.54) is 35.5 Å². The predicted octanol–water partition coefficient (Wildman–Crippen LogP) is 3.33. The van der Waals surface area contributed by atoms with E-state index >= 15 is 0 Å². The summed E-state index contributed by atoms with van der Waals surface area (Å²) < 4.78 is 32.3. The van der Waals surface area contributed by atoms with E-state index < -0.39 is 10.0 Å². The first kappa shape index (κ1) is 23.6. The quantitative estimate of drug-likeness (QED) is 0.582. The Labute approximate surface area is 189 Å². The Morgan fingerprint density at radius 2 is 1.94 bits per heavy atom. The van der Waals surface area contributed by atoms with Crippen molar-refractivity contribution >= 4 is 33.0 Å². The number of unbranched alkanes of at least 4 members (excludes halogenated alkanes) is 1. The van der Waals surface area contributed by atoms with E-state index in [4.69, 9.17) is 4.74 Å². The standard InChI is InChI=1S/C22H31N3O4S2/c1-3-4-13-25-14-11-18(12-15-25)23-21(26)17-29-20-9-7-19(8-10-20)24(2)31(27,28)22-6-5-16-30-22/h5-10,16,18H,3-4,11-15,17H2,1-2H3,(H,23,26). The second-order valence-corrected chi connectivity index (χ2v) is 10.9. The fourth-order valence-electron chi connectivity index (χ4n) is 3.54. The van der Waals surface area contributed by atoms with Crippen molar-refractivity contribution in [1.29, 1.82) is 0 Å². The molecule has 3 rings (SSSR count). The van der Waals surface area contributed by atoms with Crippen LogP contribution >= 0.6 is 11.3 Å². The molecule has 0 aliphatic carbocycles. The Balaban J connectivity index is 1.45. The number of sulfonamides is 1. The fourth-order valence-corrected chi connectivity index (χ4v) is 5.89. The summed E-state index contributed by atoms with van der Waals surface area (Å²) in [4.78, 5) is 14.7. The highest BCUT2D eigenvalue weighted by molar-refractivity contribution is 7.94. The smallest absolute Gasteiger partial charge is 0.273 e. The van der Waals surface area contributed by atoms with Crippen molar-refractivity contribution in [2.24, 2.45) is 0 Å². The zero-order valence-corrected chi connectivity index (χ0v) is 19.8. The number of hydrogen-bond acceptors (Lipinski definition) is 6. The number of thiophene rings is 1. The first-order valence-corrected chi connectivity index (χ1v) is 13.0. The van der Waals surface area contributed by atoms with E-state index in [-0.39, 0.29) is 18.6 Å². The number of ether oxygens (including phenoxy) is 1. The van der Waals surface area contributed by atoms with Gasteiger partial charge in [0.05, 0.1) is 5.69 Å². The van der Waals surface area contributed by atoms with Crippen LogP contribution in [0.5, 0.6) is 5.75 Å². The van der Waals surface area contributed by atoms with Crippen molar-refractivity contribution < 1.29 is 17.9 Å². The van der Waals surface area contributed by atoms with Crippen LogP contribution in [0.2, 0.25) is 0 Å². The van der Waals surface area contributed by atoms with Crippen molar-refractivity contribution in [3.05, 3.63) is 41.8 Å². The van der Waals surface area contributed by atoms with Crippen molar-refractivity contribution in [1.82, 2.24) is 10.2 Å². The van der Waals surface area contributed by atoms with Crippen LogP contribution in [0.25, 0.3) is 0 Å².